The number of ketones is 1. The van der Waals surface area contributed by atoms with Gasteiger partial charge in [-0.1, -0.05) is 23.8 Å². The van der Waals surface area contributed by atoms with Crippen molar-refractivity contribution in [2.24, 2.45) is 0 Å². The van der Waals surface area contributed by atoms with E-state index in [4.69, 9.17) is 4.74 Å². The fraction of sp³-hybridized carbons (Fsp3) is 0.444. The summed E-state index contributed by atoms with van der Waals surface area (Å²) in [5.74, 6) is -0.333. The average molecular weight is 304 g/mol. The molecule has 1 aromatic rings. The van der Waals surface area contributed by atoms with Gasteiger partial charge in [-0.05, 0) is 50.3 Å². The molecular formula is C18H24O4. The highest BCUT2D eigenvalue weighted by molar-refractivity contribution is 6.33. The van der Waals surface area contributed by atoms with Crippen molar-refractivity contribution in [3.05, 3.63) is 41.5 Å². The van der Waals surface area contributed by atoms with Crippen LogP contribution in [0.15, 0.2) is 35.9 Å². The van der Waals surface area contributed by atoms with Gasteiger partial charge in [-0.25, -0.2) is 4.79 Å². The normalized spacial score (nSPS) is 11.1. The number of Topliss-reactive ketones (excluding diaryl/α,β-unsaturated/α-hetero) is 1. The molecule has 0 N–H and O–H groups in total. The topological polar surface area (TPSA) is 52.6 Å². The Kier molecular flexibility index (Phi) is 7.97. The van der Waals surface area contributed by atoms with Crippen molar-refractivity contribution >= 4 is 11.8 Å². The van der Waals surface area contributed by atoms with E-state index in [2.05, 4.69) is 29.9 Å². The molecule has 4 nitrogen and oxygen atoms in total. The number of hydrogen-bond donors (Lipinski definition) is 0. The highest BCUT2D eigenvalue weighted by Crippen LogP contribution is 2.14. The number of rotatable bonds is 9. The first-order valence-corrected chi connectivity index (χ1v) is 7.46. The summed E-state index contributed by atoms with van der Waals surface area (Å²) in [6.07, 6.45) is 5.87. The lowest BCUT2D eigenvalue weighted by Gasteiger charge is -2.03. The second-order valence-electron chi connectivity index (χ2n) is 5.21. The second-order valence-corrected chi connectivity index (χ2v) is 5.21. The molecule has 0 aromatic heterocycles. The van der Waals surface area contributed by atoms with E-state index >= 15 is 0 Å². The molecule has 0 bridgehead atoms. The molecule has 0 atom stereocenters. The molecule has 120 valence electrons. The monoisotopic (exact) mass is 304 g/mol. The van der Waals surface area contributed by atoms with Crippen molar-refractivity contribution in [3.63, 3.8) is 0 Å². The van der Waals surface area contributed by atoms with Crippen molar-refractivity contribution < 1.29 is 19.1 Å². The Morgan fingerprint density at radius 3 is 2.36 bits per heavy atom. The van der Waals surface area contributed by atoms with Crippen LogP contribution in [0.5, 0.6) is 5.75 Å². The molecule has 0 saturated carbocycles. The number of carbonyl (C=O) groups is 2. The van der Waals surface area contributed by atoms with E-state index < -0.39 is 11.8 Å². The predicted octanol–water partition coefficient (Wildman–Crippen LogP) is 3.49. The minimum Gasteiger partial charge on any atom is -0.497 e. The molecule has 22 heavy (non-hydrogen) atoms. The van der Waals surface area contributed by atoms with E-state index in [1.807, 2.05) is 12.1 Å². The Bertz CT molecular complexity index is 514. The van der Waals surface area contributed by atoms with Gasteiger partial charge in [0.2, 0.25) is 5.78 Å². The van der Waals surface area contributed by atoms with Gasteiger partial charge in [0.05, 0.1) is 14.2 Å². The Balaban J connectivity index is 2.27. The molecule has 0 heterocycles. The molecule has 4 heteroatoms. The van der Waals surface area contributed by atoms with E-state index in [-0.39, 0.29) is 6.42 Å². The molecule has 0 aliphatic heterocycles. The fourth-order valence-electron chi connectivity index (χ4n) is 2.12. The van der Waals surface area contributed by atoms with Crippen LogP contribution in [-0.2, 0) is 20.7 Å². The second kappa shape index (κ2) is 9.77. The van der Waals surface area contributed by atoms with E-state index in [1.54, 1.807) is 7.11 Å². The minimum atomic E-state index is -0.749. The van der Waals surface area contributed by atoms with Crippen molar-refractivity contribution in [2.45, 2.75) is 39.0 Å². The molecule has 0 aliphatic rings. The predicted molar refractivity (Wildman–Crippen MR) is 85.9 cm³/mol. The Labute approximate surface area is 132 Å². The van der Waals surface area contributed by atoms with Crippen LogP contribution < -0.4 is 4.74 Å². The number of allylic oxidation sites excluding steroid dienone is 2. The third kappa shape index (κ3) is 6.57. The van der Waals surface area contributed by atoms with Gasteiger partial charge >= 0.3 is 5.97 Å². The molecule has 0 saturated heterocycles. The summed E-state index contributed by atoms with van der Waals surface area (Å²) in [7, 11) is 2.89. The lowest BCUT2D eigenvalue weighted by Crippen LogP contribution is -2.14. The van der Waals surface area contributed by atoms with Crippen LogP contribution in [0.4, 0.5) is 0 Å². The van der Waals surface area contributed by atoms with Crippen LogP contribution >= 0.6 is 0 Å². The zero-order valence-electron chi connectivity index (χ0n) is 13.6. The number of hydrogen-bond acceptors (Lipinski definition) is 4. The SMILES string of the molecule is COC(=O)C(=O)CCCC(C)=CCCc1ccc(OC)cc1. The van der Waals surface area contributed by atoms with Crippen LogP contribution in [0.1, 0.15) is 38.2 Å². The molecule has 1 aromatic carbocycles. The maximum absolute atomic E-state index is 11.3. The van der Waals surface area contributed by atoms with Gasteiger partial charge in [0, 0.05) is 6.42 Å². The average Bonchev–Trinajstić information content (AvgIpc) is 2.54. The van der Waals surface area contributed by atoms with Gasteiger partial charge in [0.25, 0.3) is 0 Å². The van der Waals surface area contributed by atoms with Gasteiger partial charge < -0.3 is 9.47 Å². The maximum atomic E-state index is 11.3. The lowest BCUT2D eigenvalue weighted by molar-refractivity contribution is -0.151. The first-order chi connectivity index (χ1) is 10.6. The third-order valence-electron chi connectivity index (χ3n) is 3.47. The molecule has 0 radical (unpaired) electrons. The summed E-state index contributed by atoms with van der Waals surface area (Å²) in [5, 5.41) is 0. The maximum Gasteiger partial charge on any atom is 0.374 e. The van der Waals surface area contributed by atoms with Gasteiger partial charge in [-0.15, -0.1) is 0 Å². The van der Waals surface area contributed by atoms with E-state index in [1.165, 1.54) is 18.2 Å². The van der Waals surface area contributed by atoms with Gasteiger partial charge in [-0.3, -0.25) is 4.79 Å². The lowest BCUT2D eigenvalue weighted by atomic mass is 10.0. The van der Waals surface area contributed by atoms with Crippen LogP contribution in [0.2, 0.25) is 0 Å². The van der Waals surface area contributed by atoms with Crippen LogP contribution in [-0.4, -0.2) is 26.0 Å². The number of ether oxygens (including phenoxy) is 2. The number of esters is 1. The molecule has 1 rings (SSSR count). The van der Waals surface area contributed by atoms with Crippen molar-refractivity contribution in [2.75, 3.05) is 14.2 Å². The zero-order chi connectivity index (χ0) is 16.4. The number of aryl methyl sites for hydroxylation is 1. The summed E-state index contributed by atoms with van der Waals surface area (Å²) >= 11 is 0. The quantitative estimate of drug-likeness (QED) is 0.398. The summed E-state index contributed by atoms with van der Waals surface area (Å²) in [5.41, 5.74) is 2.51. The van der Waals surface area contributed by atoms with E-state index in [0.717, 1.165) is 25.0 Å². The minimum absolute atomic E-state index is 0.246. The zero-order valence-corrected chi connectivity index (χ0v) is 13.6. The highest BCUT2D eigenvalue weighted by atomic mass is 16.5. The molecule has 0 amide bonds. The number of methoxy groups -OCH3 is 2. The molecular weight excluding hydrogens is 280 g/mol. The fourth-order valence-corrected chi connectivity index (χ4v) is 2.12. The van der Waals surface area contributed by atoms with Crippen LogP contribution in [0, 0.1) is 0 Å². The van der Waals surface area contributed by atoms with Crippen molar-refractivity contribution in [1.82, 2.24) is 0 Å². The van der Waals surface area contributed by atoms with Crippen LogP contribution in [0.25, 0.3) is 0 Å². The van der Waals surface area contributed by atoms with E-state index in [9.17, 15) is 9.59 Å². The third-order valence-corrected chi connectivity index (χ3v) is 3.47. The first kappa shape index (κ1) is 18.0. The van der Waals surface area contributed by atoms with Gasteiger partial charge in [0.15, 0.2) is 0 Å². The number of carbonyl (C=O) groups excluding carboxylic acids is 2. The van der Waals surface area contributed by atoms with Crippen LogP contribution in [0.3, 0.4) is 0 Å². The highest BCUT2D eigenvalue weighted by Gasteiger charge is 2.12. The number of benzene rings is 1. The molecule has 0 spiro atoms. The van der Waals surface area contributed by atoms with Crippen molar-refractivity contribution in [3.8, 4) is 5.75 Å². The van der Waals surface area contributed by atoms with Gasteiger partial charge in [-0.2, -0.15) is 0 Å². The standard InChI is InChI=1S/C18H24O4/c1-14(7-5-9-17(19)18(20)22-3)6-4-8-15-10-12-16(21-2)13-11-15/h6,10-13H,4-5,7-9H2,1-3H3. The Morgan fingerprint density at radius 1 is 1.09 bits per heavy atom. The van der Waals surface area contributed by atoms with Crippen molar-refractivity contribution in [1.29, 1.82) is 0 Å². The Morgan fingerprint density at radius 2 is 1.77 bits per heavy atom. The molecule has 0 unspecified atom stereocenters. The summed E-state index contributed by atoms with van der Waals surface area (Å²) < 4.78 is 9.52. The molecule has 0 fully saturated rings. The summed E-state index contributed by atoms with van der Waals surface area (Å²) in [6, 6.07) is 8.06. The first-order valence-electron chi connectivity index (χ1n) is 7.46. The van der Waals surface area contributed by atoms with Gasteiger partial charge in [0.1, 0.15) is 5.75 Å². The summed E-state index contributed by atoms with van der Waals surface area (Å²) in [6.45, 7) is 2.05. The smallest absolute Gasteiger partial charge is 0.374 e. The molecule has 0 aliphatic carbocycles. The summed E-state index contributed by atoms with van der Waals surface area (Å²) in [4.78, 5) is 22.3. The van der Waals surface area contributed by atoms with E-state index in [0.29, 0.717) is 6.42 Å². The Hall–Kier alpha value is -2.10. The largest absolute Gasteiger partial charge is 0.497 e.